The topological polar surface area (TPSA) is 68.3 Å². The summed E-state index contributed by atoms with van der Waals surface area (Å²) in [7, 11) is 0. The molecule has 0 unspecified atom stereocenters. The molecule has 25 heavy (non-hydrogen) atoms. The van der Waals surface area contributed by atoms with Gasteiger partial charge in [0.25, 0.3) is 0 Å². The summed E-state index contributed by atoms with van der Waals surface area (Å²) in [6.45, 7) is 3.20. The van der Waals surface area contributed by atoms with Gasteiger partial charge in [-0.15, -0.1) is 0 Å². The van der Waals surface area contributed by atoms with Crippen molar-refractivity contribution >= 4 is 23.0 Å². The Bertz CT molecular complexity index is 898. The number of anilines is 4. The molecule has 6 nitrogen and oxygen atoms in total. The van der Waals surface area contributed by atoms with E-state index in [-0.39, 0.29) is 0 Å². The van der Waals surface area contributed by atoms with E-state index < -0.39 is 0 Å². The van der Waals surface area contributed by atoms with Crippen LogP contribution in [0.4, 0.5) is 23.0 Å². The quantitative estimate of drug-likeness (QED) is 0.750. The van der Waals surface area contributed by atoms with Crippen molar-refractivity contribution in [2.75, 3.05) is 23.8 Å². The molecule has 2 N–H and O–H groups in total. The van der Waals surface area contributed by atoms with Crippen LogP contribution in [0.2, 0.25) is 0 Å². The molecule has 2 heterocycles. The van der Waals surface area contributed by atoms with Crippen molar-refractivity contribution in [3.63, 3.8) is 0 Å². The van der Waals surface area contributed by atoms with Crippen LogP contribution in [0.15, 0.2) is 54.9 Å². The predicted molar refractivity (Wildman–Crippen MR) is 97.2 cm³/mol. The van der Waals surface area contributed by atoms with Crippen LogP contribution in [-0.4, -0.2) is 23.2 Å². The van der Waals surface area contributed by atoms with Crippen LogP contribution < -0.4 is 20.1 Å². The Hall–Kier alpha value is -3.28. The molecule has 1 aliphatic rings. The first-order chi connectivity index (χ1) is 12.3. The predicted octanol–water partition coefficient (Wildman–Crippen LogP) is 4.04. The van der Waals surface area contributed by atoms with Crippen molar-refractivity contribution in [1.82, 2.24) is 9.97 Å². The largest absolute Gasteiger partial charge is 0.486 e. The number of hydrogen-bond donors (Lipinski definition) is 2. The van der Waals surface area contributed by atoms with Crippen molar-refractivity contribution in [3.05, 3.63) is 60.4 Å². The normalized spacial score (nSPS) is 12.5. The highest BCUT2D eigenvalue weighted by molar-refractivity contribution is 5.65. The minimum atomic E-state index is 0.564. The summed E-state index contributed by atoms with van der Waals surface area (Å²) in [6.07, 6.45) is 1.53. The Balaban J connectivity index is 1.51. The molecule has 4 rings (SSSR count). The van der Waals surface area contributed by atoms with Crippen LogP contribution >= 0.6 is 0 Å². The molecule has 2 aromatic carbocycles. The monoisotopic (exact) mass is 334 g/mol. The first-order valence-electron chi connectivity index (χ1n) is 8.09. The van der Waals surface area contributed by atoms with E-state index in [4.69, 9.17) is 9.47 Å². The summed E-state index contributed by atoms with van der Waals surface area (Å²) >= 11 is 0. The zero-order valence-electron chi connectivity index (χ0n) is 13.8. The van der Waals surface area contributed by atoms with E-state index in [1.165, 1.54) is 11.9 Å². The number of nitrogens with zero attached hydrogens (tertiary/aromatic N) is 2. The van der Waals surface area contributed by atoms with Gasteiger partial charge in [0, 0.05) is 23.5 Å². The highest BCUT2D eigenvalue weighted by atomic mass is 16.6. The van der Waals surface area contributed by atoms with Gasteiger partial charge in [0.05, 0.1) is 0 Å². The van der Waals surface area contributed by atoms with Crippen molar-refractivity contribution < 1.29 is 9.47 Å². The number of ether oxygens (including phenoxy) is 2. The lowest BCUT2D eigenvalue weighted by Gasteiger charge is -2.19. The van der Waals surface area contributed by atoms with Crippen molar-refractivity contribution in [1.29, 1.82) is 0 Å². The van der Waals surface area contributed by atoms with Gasteiger partial charge in [-0.05, 0) is 36.8 Å². The third-order valence-corrected chi connectivity index (χ3v) is 3.77. The lowest BCUT2D eigenvalue weighted by molar-refractivity contribution is 0.171. The molecule has 0 spiro atoms. The lowest BCUT2D eigenvalue weighted by Crippen LogP contribution is -2.15. The van der Waals surface area contributed by atoms with Gasteiger partial charge in [-0.2, -0.15) is 0 Å². The SMILES string of the molecule is Cc1cccc(Nc2cc(Nc3ccc4c(c3)OCCO4)ncn2)c1. The average Bonchev–Trinajstić information content (AvgIpc) is 2.62. The molecular formula is C19H18N4O2. The summed E-state index contributed by atoms with van der Waals surface area (Å²) in [5.74, 6) is 2.92. The standard InChI is InChI=1S/C19H18N4O2/c1-13-3-2-4-14(9-13)22-18-11-19(21-12-20-18)23-15-5-6-16-17(10-15)25-8-7-24-16/h2-6,9-12H,7-8H2,1H3,(H2,20,21,22,23). The number of hydrogen-bond acceptors (Lipinski definition) is 6. The molecular weight excluding hydrogens is 316 g/mol. The van der Waals surface area contributed by atoms with Crippen LogP contribution in [-0.2, 0) is 0 Å². The van der Waals surface area contributed by atoms with Crippen LogP contribution in [0.3, 0.4) is 0 Å². The maximum atomic E-state index is 5.61. The third-order valence-electron chi connectivity index (χ3n) is 3.77. The van der Waals surface area contributed by atoms with Gasteiger partial charge >= 0.3 is 0 Å². The summed E-state index contributed by atoms with van der Waals surface area (Å²) < 4.78 is 11.1. The second-order valence-corrected chi connectivity index (χ2v) is 5.77. The summed E-state index contributed by atoms with van der Waals surface area (Å²) in [4.78, 5) is 8.54. The van der Waals surface area contributed by atoms with Crippen LogP contribution in [0.5, 0.6) is 11.5 Å². The molecule has 0 saturated carbocycles. The zero-order chi connectivity index (χ0) is 17.1. The Labute approximate surface area is 145 Å². The molecule has 0 aliphatic carbocycles. The maximum absolute atomic E-state index is 5.61. The number of rotatable bonds is 4. The molecule has 3 aromatic rings. The van der Waals surface area contributed by atoms with Gasteiger partial charge in [-0.25, -0.2) is 9.97 Å². The van der Waals surface area contributed by atoms with Crippen molar-refractivity contribution in [2.45, 2.75) is 6.92 Å². The fourth-order valence-corrected chi connectivity index (χ4v) is 2.63. The maximum Gasteiger partial charge on any atom is 0.163 e. The molecule has 0 amide bonds. The number of aryl methyl sites for hydroxylation is 1. The fourth-order valence-electron chi connectivity index (χ4n) is 2.63. The Morgan fingerprint density at radius 2 is 1.52 bits per heavy atom. The molecule has 0 atom stereocenters. The zero-order valence-corrected chi connectivity index (χ0v) is 13.8. The van der Waals surface area contributed by atoms with Crippen LogP contribution in [0.1, 0.15) is 5.56 Å². The number of nitrogens with one attached hydrogen (secondary N) is 2. The summed E-state index contributed by atoms with van der Waals surface area (Å²) in [5, 5.41) is 6.55. The van der Waals surface area contributed by atoms with E-state index in [0.29, 0.717) is 19.0 Å². The third kappa shape index (κ3) is 3.63. The fraction of sp³-hybridized carbons (Fsp3) is 0.158. The Kier molecular flexibility index (Phi) is 4.08. The molecule has 0 saturated heterocycles. The number of fused-ring (bicyclic) bond motifs is 1. The van der Waals surface area contributed by atoms with Gasteiger partial charge in [0.1, 0.15) is 31.2 Å². The van der Waals surface area contributed by atoms with E-state index >= 15 is 0 Å². The number of aromatic nitrogens is 2. The van der Waals surface area contributed by atoms with E-state index in [1.54, 1.807) is 0 Å². The Morgan fingerprint density at radius 3 is 2.28 bits per heavy atom. The first kappa shape index (κ1) is 15.3. The van der Waals surface area contributed by atoms with Crippen molar-refractivity contribution in [2.24, 2.45) is 0 Å². The average molecular weight is 334 g/mol. The minimum absolute atomic E-state index is 0.564. The minimum Gasteiger partial charge on any atom is -0.486 e. The number of benzene rings is 2. The Morgan fingerprint density at radius 1 is 0.800 bits per heavy atom. The smallest absolute Gasteiger partial charge is 0.163 e. The van der Waals surface area contributed by atoms with Gasteiger partial charge < -0.3 is 20.1 Å². The molecule has 1 aromatic heterocycles. The van der Waals surface area contributed by atoms with Crippen molar-refractivity contribution in [3.8, 4) is 11.5 Å². The first-order valence-corrected chi connectivity index (χ1v) is 8.09. The van der Waals surface area contributed by atoms with E-state index in [1.807, 2.05) is 36.4 Å². The van der Waals surface area contributed by atoms with Crippen LogP contribution in [0, 0.1) is 6.92 Å². The molecule has 0 fully saturated rings. The van der Waals surface area contributed by atoms with Gasteiger partial charge in [0.15, 0.2) is 11.5 Å². The van der Waals surface area contributed by atoms with E-state index in [2.05, 4.69) is 39.7 Å². The molecule has 0 radical (unpaired) electrons. The van der Waals surface area contributed by atoms with Gasteiger partial charge in [-0.3, -0.25) is 0 Å². The summed E-state index contributed by atoms with van der Waals surface area (Å²) in [5.41, 5.74) is 3.06. The molecule has 0 bridgehead atoms. The van der Waals surface area contributed by atoms with Gasteiger partial charge in [0.2, 0.25) is 0 Å². The second kappa shape index (κ2) is 6.68. The molecule has 126 valence electrons. The second-order valence-electron chi connectivity index (χ2n) is 5.77. The van der Waals surface area contributed by atoms with Gasteiger partial charge in [-0.1, -0.05) is 12.1 Å². The van der Waals surface area contributed by atoms with E-state index in [0.717, 1.165) is 28.7 Å². The van der Waals surface area contributed by atoms with E-state index in [9.17, 15) is 0 Å². The summed E-state index contributed by atoms with van der Waals surface area (Å²) in [6, 6.07) is 15.7. The molecule has 6 heteroatoms. The molecule has 1 aliphatic heterocycles. The highest BCUT2D eigenvalue weighted by Gasteiger charge is 2.12. The van der Waals surface area contributed by atoms with Crippen LogP contribution in [0.25, 0.3) is 0 Å². The lowest BCUT2D eigenvalue weighted by atomic mass is 10.2. The highest BCUT2D eigenvalue weighted by Crippen LogP contribution is 2.33.